The summed E-state index contributed by atoms with van der Waals surface area (Å²) in [5, 5.41) is 4.14. The predicted molar refractivity (Wildman–Crippen MR) is 126 cm³/mol. The van der Waals surface area contributed by atoms with E-state index in [1.165, 1.54) is 0 Å². The molecule has 0 saturated heterocycles. The molecule has 1 heterocycles. The molecule has 0 unspecified atom stereocenters. The van der Waals surface area contributed by atoms with Crippen molar-refractivity contribution in [3.8, 4) is 22.6 Å². The van der Waals surface area contributed by atoms with Crippen molar-refractivity contribution in [1.82, 2.24) is 0 Å². The van der Waals surface area contributed by atoms with Gasteiger partial charge in [0, 0.05) is 11.1 Å². The third-order valence-corrected chi connectivity index (χ3v) is 6.69. The molecule has 1 aliphatic rings. The monoisotopic (exact) mass is 432 g/mol. The summed E-state index contributed by atoms with van der Waals surface area (Å²) in [4.78, 5) is 10.7. The Morgan fingerprint density at radius 3 is 1.58 bits per heavy atom. The highest BCUT2D eigenvalue weighted by atomic mass is 31.2. The van der Waals surface area contributed by atoms with Gasteiger partial charge >= 0.3 is 7.82 Å². The largest absolute Gasteiger partial charge is 0.584 e. The Labute approximate surface area is 182 Å². The maximum atomic E-state index is 13.1. The standard InChI is InChI=1S/C26H25O4P/c1-3-9-19-15-17-11-5-7-13-21(17)23-24-22-14-8-6-12-18(22)16-20(10-4-2)26(24)30-31(27,28)29-25(19)23/h5-8,11-16H,3-4,9-10H2,1-2H3,(H,27,28). The highest BCUT2D eigenvalue weighted by Gasteiger charge is 2.36. The van der Waals surface area contributed by atoms with Crippen LogP contribution < -0.4 is 9.05 Å². The summed E-state index contributed by atoms with van der Waals surface area (Å²) in [7, 11) is -4.35. The minimum absolute atomic E-state index is 0.462. The van der Waals surface area contributed by atoms with Crippen molar-refractivity contribution in [2.24, 2.45) is 0 Å². The number of fused-ring (bicyclic) bond motifs is 7. The Morgan fingerprint density at radius 1 is 0.742 bits per heavy atom. The fourth-order valence-electron chi connectivity index (χ4n) is 4.64. The number of hydrogen-bond donors (Lipinski definition) is 1. The van der Waals surface area contributed by atoms with Gasteiger partial charge in [0.1, 0.15) is 11.5 Å². The van der Waals surface area contributed by atoms with Gasteiger partial charge < -0.3 is 9.05 Å². The van der Waals surface area contributed by atoms with E-state index in [4.69, 9.17) is 9.05 Å². The fraction of sp³-hybridized carbons (Fsp3) is 0.231. The van der Waals surface area contributed by atoms with Crippen molar-refractivity contribution in [3.05, 3.63) is 71.8 Å². The van der Waals surface area contributed by atoms with Gasteiger partial charge in [-0.1, -0.05) is 75.2 Å². The summed E-state index contributed by atoms with van der Waals surface area (Å²) in [5.41, 5.74) is 3.54. The molecule has 4 aromatic carbocycles. The topological polar surface area (TPSA) is 55.8 Å². The number of rotatable bonds is 4. The van der Waals surface area contributed by atoms with E-state index in [9.17, 15) is 9.46 Å². The molecule has 0 fully saturated rings. The van der Waals surface area contributed by atoms with Crippen molar-refractivity contribution >= 4 is 29.4 Å². The Bertz CT molecular complexity index is 1260. The molecule has 0 saturated carbocycles. The summed E-state index contributed by atoms with van der Waals surface area (Å²) < 4.78 is 24.7. The van der Waals surface area contributed by atoms with Crippen LogP contribution >= 0.6 is 7.82 Å². The lowest BCUT2D eigenvalue weighted by Gasteiger charge is -2.18. The molecule has 0 atom stereocenters. The van der Waals surface area contributed by atoms with E-state index in [1.54, 1.807) is 0 Å². The first-order chi connectivity index (χ1) is 15.0. The van der Waals surface area contributed by atoms with Crippen molar-refractivity contribution in [2.45, 2.75) is 39.5 Å². The van der Waals surface area contributed by atoms with Crippen LogP contribution in [0.3, 0.4) is 0 Å². The summed E-state index contributed by atoms with van der Waals surface area (Å²) in [5.74, 6) is 0.924. The highest BCUT2D eigenvalue weighted by Crippen LogP contribution is 2.59. The van der Waals surface area contributed by atoms with Crippen molar-refractivity contribution in [2.75, 3.05) is 0 Å². The molecule has 0 amide bonds. The zero-order valence-corrected chi connectivity index (χ0v) is 18.6. The van der Waals surface area contributed by atoms with Gasteiger partial charge in [-0.15, -0.1) is 0 Å². The molecule has 0 bridgehead atoms. The van der Waals surface area contributed by atoms with Crippen LogP contribution in [0.5, 0.6) is 11.5 Å². The van der Waals surface area contributed by atoms with Crippen molar-refractivity contribution in [3.63, 3.8) is 0 Å². The molecular formula is C26H25O4P. The van der Waals surface area contributed by atoms with E-state index >= 15 is 0 Å². The van der Waals surface area contributed by atoms with Crippen LogP contribution in [0.4, 0.5) is 0 Å². The van der Waals surface area contributed by atoms with Gasteiger partial charge in [0.05, 0.1) is 0 Å². The highest BCUT2D eigenvalue weighted by molar-refractivity contribution is 7.48. The Kier molecular flexibility index (Phi) is 5.00. The molecule has 4 nitrogen and oxygen atoms in total. The van der Waals surface area contributed by atoms with Crippen molar-refractivity contribution in [1.29, 1.82) is 0 Å². The zero-order valence-electron chi connectivity index (χ0n) is 17.7. The smallest absolute Gasteiger partial charge is 0.394 e. The molecule has 0 aliphatic carbocycles. The van der Waals surface area contributed by atoms with E-state index in [2.05, 4.69) is 38.1 Å². The molecule has 158 valence electrons. The van der Waals surface area contributed by atoms with Gasteiger partial charge in [-0.3, -0.25) is 4.89 Å². The first-order valence-corrected chi connectivity index (χ1v) is 12.3. The van der Waals surface area contributed by atoms with Crippen molar-refractivity contribution < 1.29 is 18.5 Å². The molecule has 1 N–H and O–H groups in total. The van der Waals surface area contributed by atoms with Gasteiger partial charge in [-0.2, -0.15) is 0 Å². The number of hydrogen-bond acceptors (Lipinski definition) is 3. The lowest BCUT2D eigenvalue weighted by Crippen LogP contribution is -2.01. The zero-order chi connectivity index (χ0) is 21.6. The minimum Gasteiger partial charge on any atom is -0.394 e. The molecule has 0 spiro atoms. The molecule has 1 aliphatic heterocycles. The maximum Gasteiger partial charge on any atom is 0.584 e. The second kappa shape index (κ2) is 7.71. The minimum atomic E-state index is -4.35. The lowest BCUT2D eigenvalue weighted by atomic mass is 9.87. The molecule has 0 aromatic heterocycles. The number of aryl methyl sites for hydroxylation is 2. The average molecular weight is 432 g/mol. The van der Waals surface area contributed by atoms with Crippen LogP contribution in [0.2, 0.25) is 0 Å². The third-order valence-electron chi connectivity index (χ3n) is 5.86. The van der Waals surface area contributed by atoms with Crippen LogP contribution in [-0.2, 0) is 17.4 Å². The van der Waals surface area contributed by atoms with E-state index in [0.717, 1.165) is 69.5 Å². The fourth-order valence-corrected chi connectivity index (χ4v) is 5.55. The number of phosphoric ester groups is 1. The first-order valence-electron chi connectivity index (χ1n) is 10.8. The summed E-state index contributed by atoms with van der Waals surface area (Å²) in [6.45, 7) is 4.19. The molecule has 5 heteroatoms. The quantitative estimate of drug-likeness (QED) is 0.341. The Balaban J connectivity index is 2.02. The summed E-state index contributed by atoms with van der Waals surface area (Å²) >= 11 is 0. The summed E-state index contributed by atoms with van der Waals surface area (Å²) in [6.07, 6.45) is 3.28. The third kappa shape index (κ3) is 3.40. The maximum absolute atomic E-state index is 13.1. The molecule has 31 heavy (non-hydrogen) atoms. The Morgan fingerprint density at radius 2 is 1.16 bits per heavy atom. The predicted octanol–water partition coefficient (Wildman–Crippen LogP) is 7.44. The average Bonchev–Trinajstić information content (AvgIpc) is 2.88. The van der Waals surface area contributed by atoms with Crippen LogP contribution in [0.15, 0.2) is 60.7 Å². The van der Waals surface area contributed by atoms with E-state index < -0.39 is 7.82 Å². The van der Waals surface area contributed by atoms with Crippen LogP contribution in [-0.4, -0.2) is 4.89 Å². The molecular weight excluding hydrogens is 407 g/mol. The summed E-state index contributed by atoms with van der Waals surface area (Å²) in [6, 6.07) is 20.4. The normalized spacial score (nSPS) is 14.4. The van der Waals surface area contributed by atoms with Gasteiger partial charge in [0.2, 0.25) is 0 Å². The number of benzene rings is 4. The molecule has 5 rings (SSSR count). The number of phosphoric acid groups is 1. The second-order valence-corrected chi connectivity index (χ2v) is 9.38. The SMILES string of the molecule is CCCc1cc2ccccc2c2c1OP(=O)(O)Oc1c(CCC)cc3ccccc3c1-2. The molecule has 0 radical (unpaired) electrons. The Hall–Kier alpha value is -2.81. The van der Waals surface area contributed by atoms with E-state index in [1.807, 2.05) is 36.4 Å². The van der Waals surface area contributed by atoms with Crippen LogP contribution in [0.25, 0.3) is 32.7 Å². The van der Waals surface area contributed by atoms with E-state index in [0.29, 0.717) is 11.5 Å². The lowest BCUT2D eigenvalue weighted by molar-refractivity contribution is 0.292. The van der Waals surface area contributed by atoms with Gasteiger partial charge in [-0.25, -0.2) is 4.57 Å². The van der Waals surface area contributed by atoms with Gasteiger partial charge in [-0.05, 0) is 57.6 Å². The van der Waals surface area contributed by atoms with Crippen LogP contribution in [0.1, 0.15) is 37.8 Å². The van der Waals surface area contributed by atoms with Gasteiger partial charge in [0.25, 0.3) is 0 Å². The second-order valence-electron chi connectivity index (χ2n) is 8.07. The molecule has 4 aromatic rings. The first kappa shape index (κ1) is 20.1. The van der Waals surface area contributed by atoms with E-state index in [-0.39, 0.29) is 0 Å². The van der Waals surface area contributed by atoms with Crippen LogP contribution in [0, 0.1) is 0 Å². The van der Waals surface area contributed by atoms with Gasteiger partial charge in [0.15, 0.2) is 0 Å².